The Morgan fingerprint density at radius 3 is 2.33 bits per heavy atom. The zero-order valence-corrected chi connectivity index (χ0v) is 15.2. The quantitative estimate of drug-likeness (QED) is 0.560. The number of hydrogen-bond donors (Lipinski definition) is 2. The molecule has 140 valence electrons. The number of halogens is 1. The van der Waals surface area contributed by atoms with E-state index in [0.29, 0.717) is 21.8 Å². The summed E-state index contributed by atoms with van der Waals surface area (Å²) in [5, 5.41) is 5.38. The summed E-state index contributed by atoms with van der Waals surface area (Å²) in [5.41, 5.74) is 1.03. The molecular formula is C19H17ClN2O5. The second kappa shape index (κ2) is 9.49. The van der Waals surface area contributed by atoms with Gasteiger partial charge in [-0.25, -0.2) is 0 Å². The molecule has 2 amide bonds. The Balaban J connectivity index is 1.78. The zero-order chi connectivity index (χ0) is 19.8. The Kier molecular flexibility index (Phi) is 7.08. The third-order valence-corrected chi connectivity index (χ3v) is 3.70. The van der Waals surface area contributed by atoms with E-state index in [0.717, 1.165) is 0 Å². The van der Waals surface area contributed by atoms with Crippen molar-refractivity contribution in [3.63, 3.8) is 0 Å². The molecule has 0 spiro atoms. The van der Waals surface area contributed by atoms with Crippen LogP contribution in [0.5, 0.6) is 0 Å². The van der Waals surface area contributed by atoms with Crippen LogP contribution in [-0.4, -0.2) is 36.7 Å². The number of para-hydroxylation sites is 1. The molecule has 0 aliphatic rings. The highest BCUT2D eigenvalue weighted by Crippen LogP contribution is 2.15. The summed E-state index contributed by atoms with van der Waals surface area (Å²) in [7, 11) is 0. The van der Waals surface area contributed by atoms with E-state index in [1.807, 2.05) is 0 Å². The number of ether oxygens (including phenoxy) is 1. The van der Waals surface area contributed by atoms with Crippen LogP contribution in [-0.2, 0) is 14.3 Å². The fraction of sp³-hybridized carbons (Fsp3) is 0.158. The fourth-order valence-electron chi connectivity index (χ4n) is 2.14. The lowest BCUT2D eigenvalue weighted by molar-refractivity contribution is -0.146. The third-order valence-electron chi connectivity index (χ3n) is 3.44. The number of carbonyl (C=O) groups is 4. The molecule has 0 saturated heterocycles. The SMILES string of the molecule is CC(=O)c1ccccc1NC(=O)COC(=O)CNC(=O)c1ccc(Cl)cc1. The lowest BCUT2D eigenvalue weighted by Crippen LogP contribution is -2.32. The minimum absolute atomic E-state index is 0.201. The minimum atomic E-state index is -0.771. The van der Waals surface area contributed by atoms with E-state index in [1.165, 1.54) is 19.1 Å². The average molecular weight is 389 g/mol. The van der Waals surface area contributed by atoms with Crippen LogP contribution in [0, 0.1) is 0 Å². The molecule has 2 rings (SSSR count). The summed E-state index contributed by atoms with van der Waals surface area (Å²) in [6, 6.07) is 12.6. The second-order valence-corrected chi connectivity index (χ2v) is 5.94. The second-order valence-electron chi connectivity index (χ2n) is 5.50. The molecule has 2 aromatic rings. The van der Waals surface area contributed by atoms with Crippen molar-refractivity contribution in [3.8, 4) is 0 Å². The number of rotatable bonds is 7. The van der Waals surface area contributed by atoms with Crippen LogP contribution < -0.4 is 10.6 Å². The van der Waals surface area contributed by atoms with Crippen molar-refractivity contribution in [3.05, 3.63) is 64.7 Å². The van der Waals surface area contributed by atoms with Gasteiger partial charge in [-0.05, 0) is 43.3 Å². The maximum Gasteiger partial charge on any atom is 0.325 e. The maximum absolute atomic E-state index is 11.9. The number of ketones is 1. The van der Waals surface area contributed by atoms with E-state index in [1.54, 1.807) is 36.4 Å². The lowest BCUT2D eigenvalue weighted by atomic mass is 10.1. The van der Waals surface area contributed by atoms with Gasteiger partial charge in [0.05, 0.1) is 5.69 Å². The molecule has 0 unspecified atom stereocenters. The van der Waals surface area contributed by atoms with Crippen LogP contribution in [0.2, 0.25) is 5.02 Å². The summed E-state index contributed by atoms with van der Waals surface area (Å²) in [5.74, 6) is -2.04. The molecule has 0 bridgehead atoms. The van der Waals surface area contributed by atoms with Crippen molar-refractivity contribution in [2.75, 3.05) is 18.5 Å². The Morgan fingerprint density at radius 2 is 1.67 bits per heavy atom. The van der Waals surface area contributed by atoms with Crippen molar-refractivity contribution in [1.29, 1.82) is 0 Å². The average Bonchev–Trinajstić information content (AvgIpc) is 2.65. The van der Waals surface area contributed by atoms with Gasteiger partial charge in [0, 0.05) is 16.1 Å². The molecule has 0 aliphatic carbocycles. The summed E-state index contributed by atoms with van der Waals surface area (Å²) < 4.78 is 4.81. The molecule has 0 fully saturated rings. The summed E-state index contributed by atoms with van der Waals surface area (Å²) in [6.45, 7) is 0.453. The number of benzene rings is 2. The molecule has 0 aliphatic heterocycles. The topological polar surface area (TPSA) is 102 Å². The van der Waals surface area contributed by atoms with Crippen molar-refractivity contribution in [2.24, 2.45) is 0 Å². The highest BCUT2D eigenvalue weighted by atomic mass is 35.5. The van der Waals surface area contributed by atoms with Crippen molar-refractivity contribution < 1.29 is 23.9 Å². The molecule has 8 heteroatoms. The van der Waals surface area contributed by atoms with Gasteiger partial charge in [-0.15, -0.1) is 0 Å². The monoisotopic (exact) mass is 388 g/mol. The highest BCUT2D eigenvalue weighted by Gasteiger charge is 2.13. The molecular weight excluding hydrogens is 372 g/mol. The predicted octanol–water partition coefficient (Wildman–Crippen LogP) is 2.45. The number of hydrogen-bond acceptors (Lipinski definition) is 5. The standard InChI is InChI=1S/C19H17ClN2O5/c1-12(23)15-4-2-3-5-16(15)22-17(24)11-27-18(25)10-21-19(26)13-6-8-14(20)9-7-13/h2-9H,10-11H2,1H3,(H,21,26)(H,22,24). The number of esters is 1. The number of anilines is 1. The first-order valence-electron chi connectivity index (χ1n) is 7.96. The summed E-state index contributed by atoms with van der Waals surface area (Å²) >= 11 is 5.74. The normalized spacial score (nSPS) is 10.0. The minimum Gasteiger partial charge on any atom is -0.454 e. The first-order valence-corrected chi connectivity index (χ1v) is 8.34. The molecule has 7 nitrogen and oxygen atoms in total. The van der Waals surface area contributed by atoms with E-state index in [4.69, 9.17) is 16.3 Å². The number of nitrogens with one attached hydrogen (secondary N) is 2. The number of carbonyl (C=O) groups excluding carboxylic acids is 4. The van der Waals surface area contributed by atoms with E-state index in [2.05, 4.69) is 10.6 Å². The van der Waals surface area contributed by atoms with Crippen LogP contribution in [0.15, 0.2) is 48.5 Å². The molecule has 27 heavy (non-hydrogen) atoms. The van der Waals surface area contributed by atoms with Gasteiger partial charge in [0.15, 0.2) is 12.4 Å². The van der Waals surface area contributed by atoms with E-state index < -0.39 is 30.9 Å². The van der Waals surface area contributed by atoms with Gasteiger partial charge in [0.2, 0.25) is 0 Å². The number of Topliss-reactive ketones (excluding diaryl/α,β-unsaturated/α-hetero) is 1. The van der Waals surface area contributed by atoms with Crippen LogP contribution >= 0.6 is 11.6 Å². The Morgan fingerprint density at radius 1 is 1.00 bits per heavy atom. The van der Waals surface area contributed by atoms with Gasteiger partial charge in [-0.1, -0.05) is 23.7 Å². The molecule has 0 radical (unpaired) electrons. The van der Waals surface area contributed by atoms with Gasteiger partial charge in [0.25, 0.3) is 11.8 Å². The highest BCUT2D eigenvalue weighted by molar-refractivity contribution is 6.30. The summed E-state index contributed by atoms with van der Waals surface area (Å²) in [6.07, 6.45) is 0. The third kappa shape index (κ3) is 6.23. The first-order chi connectivity index (χ1) is 12.9. The molecule has 2 N–H and O–H groups in total. The first kappa shape index (κ1) is 20.1. The van der Waals surface area contributed by atoms with Crippen LogP contribution in [0.25, 0.3) is 0 Å². The summed E-state index contributed by atoms with van der Waals surface area (Å²) in [4.78, 5) is 46.9. The van der Waals surface area contributed by atoms with Gasteiger partial charge in [-0.2, -0.15) is 0 Å². The molecule has 0 aromatic heterocycles. The van der Waals surface area contributed by atoms with Gasteiger partial charge >= 0.3 is 5.97 Å². The van der Waals surface area contributed by atoms with E-state index in [9.17, 15) is 19.2 Å². The largest absolute Gasteiger partial charge is 0.454 e. The zero-order valence-electron chi connectivity index (χ0n) is 14.5. The number of amides is 2. The van der Waals surface area contributed by atoms with Crippen molar-refractivity contribution in [1.82, 2.24) is 5.32 Å². The van der Waals surface area contributed by atoms with Crippen LogP contribution in [0.3, 0.4) is 0 Å². The van der Waals surface area contributed by atoms with E-state index in [-0.39, 0.29) is 5.78 Å². The van der Waals surface area contributed by atoms with Crippen molar-refractivity contribution in [2.45, 2.75) is 6.92 Å². The fourth-order valence-corrected chi connectivity index (χ4v) is 2.26. The van der Waals surface area contributed by atoms with Crippen LogP contribution in [0.4, 0.5) is 5.69 Å². The van der Waals surface area contributed by atoms with Gasteiger partial charge in [-0.3, -0.25) is 19.2 Å². The van der Waals surface area contributed by atoms with E-state index >= 15 is 0 Å². The van der Waals surface area contributed by atoms with Crippen LogP contribution in [0.1, 0.15) is 27.6 Å². The lowest BCUT2D eigenvalue weighted by Gasteiger charge is -2.10. The Bertz CT molecular complexity index is 865. The predicted molar refractivity (Wildman–Crippen MR) is 99.8 cm³/mol. The van der Waals surface area contributed by atoms with Gasteiger partial charge in [0.1, 0.15) is 6.54 Å². The Hall–Kier alpha value is -3.19. The molecule has 0 atom stereocenters. The smallest absolute Gasteiger partial charge is 0.325 e. The molecule has 2 aromatic carbocycles. The maximum atomic E-state index is 11.9. The van der Waals surface area contributed by atoms with Crippen molar-refractivity contribution >= 4 is 40.9 Å². The molecule has 0 heterocycles. The van der Waals surface area contributed by atoms with Gasteiger partial charge < -0.3 is 15.4 Å². The molecule has 0 saturated carbocycles. The Labute approximate surface area is 160 Å².